The van der Waals surface area contributed by atoms with E-state index < -0.39 is 0 Å². The second-order valence-corrected chi connectivity index (χ2v) is 14.7. The zero-order valence-corrected chi connectivity index (χ0v) is 43.8. The average molecular weight is 965 g/mol. The van der Waals surface area contributed by atoms with E-state index in [1.807, 2.05) is 20.3 Å². The Labute approximate surface area is 412 Å². The molecule has 317 valence electrons. The van der Waals surface area contributed by atoms with Gasteiger partial charge in [0.1, 0.15) is 0 Å². The van der Waals surface area contributed by atoms with Crippen molar-refractivity contribution in [2.75, 3.05) is 0 Å². The molecule has 8 aromatic carbocycles. The molecule has 0 heterocycles. The Morgan fingerprint density at radius 2 is 0.656 bits per heavy atom. The summed E-state index contributed by atoms with van der Waals surface area (Å²) < 4.78 is 0. The SMILES string of the molecule is C[CH-]C.Cc1cc2c(-c3cccc4ccccc34)cccc2[cH-]1.Cc1cc2c(-c3cccc4ccccc34)cccc2[cH-]1.[CH2-]CCC.[CH2-]CCC.[CH2-]CCC.[CH2-]CCC.[Zr+3].[Zr+4]. The van der Waals surface area contributed by atoms with Crippen molar-refractivity contribution in [3.05, 3.63) is 191 Å². The first-order valence-corrected chi connectivity index (χ1v) is 21.9. The van der Waals surface area contributed by atoms with Crippen molar-refractivity contribution in [3.63, 3.8) is 0 Å². The number of aryl methyl sites for hydroxylation is 2. The van der Waals surface area contributed by atoms with Crippen LogP contribution in [-0.2, 0) is 52.4 Å². The van der Waals surface area contributed by atoms with E-state index >= 15 is 0 Å². The third-order valence-corrected chi connectivity index (χ3v) is 9.36. The molecule has 0 saturated heterocycles. The monoisotopic (exact) mass is 961 g/mol. The number of fused-ring (bicyclic) bond motifs is 4. The standard InChI is InChI=1S/2C20H15.4C4H9.C3H7.2Zr/c2*1-14-12-16-8-5-11-19(20(16)13-14)18-10-4-7-15-6-2-3-9-17(15)18;4*1-3-4-2;1-3-2;;/h2*2-13H,1H3;4*1,3-4H2,2H3;3H,1-2H3;;/q7*-1;+3;+4. The molecule has 0 amide bonds. The molecule has 2 heteroatoms. The van der Waals surface area contributed by atoms with Gasteiger partial charge >= 0.3 is 52.4 Å². The summed E-state index contributed by atoms with van der Waals surface area (Å²) in [5.41, 5.74) is 7.94. The molecule has 0 aliphatic rings. The van der Waals surface area contributed by atoms with Crippen LogP contribution in [0.3, 0.4) is 0 Å². The van der Waals surface area contributed by atoms with Crippen molar-refractivity contribution in [3.8, 4) is 22.3 Å². The summed E-state index contributed by atoms with van der Waals surface area (Å²) >= 11 is 0. The van der Waals surface area contributed by atoms with Gasteiger partial charge < -0.3 is 34.1 Å². The Bertz CT molecular complexity index is 2110. The Kier molecular flexibility index (Phi) is 32.5. The molecule has 0 fully saturated rings. The fourth-order valence-corrected chi connectivity index (χ4v) is 6.16. The summed E-state index contributed by atoms with van der Waals surface area (Å²) in [6.07, 6.45) is 11.1. The minimum absolute atomic E-state index is 0. The van der Waals surface area contributed by atoms with Gasteiger partial charge in [0.15, 0.2) is 0 Å². The molecule has 0 nitrogen and oxygen atoms in total. The Morgan fingerprint density at radius 3 is 0.951 bits per heavy atom. The van der Waals surface area contributed by atoms with Gasteiger partial charge in [0, 0.05) is 0 Å². The first kappa shape index (κ1) is 57.8. The molecular weight excluding hydrogens is 891 g/mol. The number of benzene rings is 6. The fraction of sp³-hybridized carbons (Fsp3) is 0.271. The number of hydrogen-bond donors (Lipinski definition) is 0. The molecule has 0 aromatic heterocycles. The van der Waals surface area contributed by atoms with Gasteiger partial charge in [-0.3, -0.25) is 0 Å². The predicted molar refractivity (Wildman–Crippen MR) is 271 cm³/mol. The fourth-order valence-electron chi connectivity index (χ4n) is 6.16. The molecule has 0 N–H and O–H groups in total. The van der Waals surface area contributed by atoms with E-state index in [9.17, 15) is 0 Å². The normalized spacial score (nSPS) is 9.64. The summed E-state index contributed by atoms with van der Waals surface area (Å²) in [4.78, 5) is 0. The van der Waals surface area contributed by atoms with E-state index in [-0.39, 0.29) is 52.4 Å². The van der Waals surface area contributed by atoms with Crippen LogP contribution in [-0.4, -0.2) is 0 Å². The van der Waals surface area contributed by atoms with E-state index in [0.717, 1.165) is 25.7 Å². The smallest absolute Gasteiger partial charge is 0.343 e. The molecular formula is C59H73Zr2. The maximum atomic E-state index is 3.60. The van der Waals surface area contributed by atoms with Crippen LogP contribution in [0.1, 0.15) is 104 Å². The van der Waals surface area contributed by atoms with Gasteiger partial charge in [0.25, 0.3) is 0 Å². The van der Waals surface area contributed by atoms with Crippen LogP contribution in [0.25, 0.3) is 65.3 Å². The largest absolute Gasteiger partial charge is 4.00 e. The van der Waals surface area contributed by atoms with Crippen LogP contribution in [0, 0.1) is 48.0 Å². The Balaban J connectivity index is 0.000000820. The summed E-state index contributed by atoms with van der Waals surface area (Å²) in [7, 11) is 0. The first-order valence-electron chi connectivity index (χ1n) is 21.9. The van der Waals surface area contributed by atoms with Crippen LogP contribution in [0.15, 0.2) is 146 Å². The molecule has 0 bridgehead atoms. The van der Waals surface area contributed by atoms with E-state index in [0.29, 0.717) is 0 Å². The molecule has 0 atom stereocenters. The summed E-state index contributed by atoms with van der Waals surface area (Å²) in [6.45, 7) is 31.2. The van der Waals surface area contributed by atoms with E-state index in [4.69, 9.17) is 0 Å². The van der Waals surface area contributed by atoms with Gasteiger partial charge in [-0.05, 0) is 32.7 Å². The van der Waals surface area contributed by atoms with Crippen LogP contribution in [0.4, 0.5) is 0 Å². The van der Waals surface area contributed by atoms with E-state index in [2.05, 4.69) is 215 Å². The van der Waals surface area contributed by atoms with Gasteiger partial charge in [-0.2, -0.15) is 51.7 Å². The molecule has 0 unspecified atom stereocenters. The van der Waals surface area contributed by atoms with Crippen LogP contribution in [0.2, 0.25) is 0 Å². The minimum Gasteiger partial charge on any atom is -0.343 e. The van der Waals surface area contributed by atoms with Crippen molar-refractivity contribution >= 4 is 43.1 Å². The number of rotatable bonds is 6. The Hall–Kier alpha value is -3.17. The van der Waals surface area contributed by atoms with Gasteiger partial charge in [-0.15, -0.1) is 69.1 Å². The molecule has 61 heavy (non-hydrogen) atoms. The van der Waals surface area contributed by atoms with Gasteiger partial charge in [-0.25, -0.2) is 0 Å². The van der Waals surface area contributed by atoms with Crippen molar-refractivity contribution in [2.45, 2.75) is 107 Å². The molecule has 8 rings (SSSR count). The zero-order chi connectivity index (χ0) is 43.4. The maximum absolute atomic E-state index is 3.60. The van der Waals surface area contributed by atoms with Gasteiger partial charge in [0.05, 0.1) is 0 Å². The second kappa shape index (κ2) is 34.3. The van der Waals surface area contributed by atoms with Crippen molar-refractivity contribution < 1.29 is 52.4 Å². The van der Waals surface area contributed by atoms with Crippen LogP contribution in [0.5, 0.6) is 0 Å². The molecule has 1 radical (unpaired) electrons. The third kappa shape index (κ3) is 19.0. The molecule has 8 aromatic rings. The molecule has 0 aliphatic heterocycles. The van der Waals surface area contributed by atoms with Crippen molar-refractivity contribution in [1.29, 1.82) is 0 Å². The minimum atomic E-state index is 0. The second-order valence-electron chi connectivity index (χ2n) is 14.7. The quantitative estimate of drug-likeness (QED) is 0.146. The van der Waals surface area contributed by atoms with Crippen LogP contribution < -0.4 is 0 Å². The maximum Gasteiger partial charge on any atom is 4.00 e. The summed E-state index contributed by atoms with van der Waals surface area (Å²) in [5, 5.41) is 10.6. The number of unbranched alkanes of at least 4 members (excludes halogenated alkanes) is 4. The third-order valence-electron chi connectivity index (χ3n) is 9.36. The Morgan fingerprint density at radius 1 is 0.410 bits per heavy atom. The molecule has 0 spiro atoms. The first-order chi connectivity index (χ1) is 28.7. The molecule has 0 saturated carbocycles. The molecule has 0 aliphatic carbocycles. The average Bonchev–Trinajstić information content (AvgIpc) is 3.87. The van der Waals surface area contributed by atoms with E-state index in [1.165, 1.54) is 102 Å². The van der Waals surface area contributed by atoms with Crippen molar-refractivity contribution in [2.24, 2.45) is 0 Å². The number of hydrogen-bond acceptors (Lipinski definition) is 0. The topological polar surface area (TPSA) is 0 Å². The van der Waals surface area contributed by atoms with E-state index in [1.54, 1.807) is 0 Å². The van der Waals surface area contributed by atoms with Crippen LogP contribution >= 0.6 is 0 Å². The predicted octanol–water partition coefficient (Wildman–Crippen LogP) is 19.1. The summed E-state index contributed by atoms with van der Waals surface area (Å²) in [6, 6.07) is 52.5. The summed E-state index contributed by atoms with van der Waals surface area (Å²) in [5.74, 6) is 0. The zero-order valence-electron chi connectivity index (χ0n) is 38.9. The van der Waals surface area contributed by atoms with Gasteiger partial charge in [0.2, 0.25) is 0 Å². The van der Waals surface area contributed by atoms with Gasteiger partial charge in [-0.1, -0.05) is 175 Å². The van der Waals surface area contributed by atoms with Crippen molar-refractivity contribution in [1.82, 2.24) is 0 Å².